The van der Waals surface area contributed by atoms with Gasteiger partial charge in [0.15, 0.2) is 5.96 Å². The minimum absolute atomic E-state index is 0.338. The summed E-state index contributed by atoms with van der Waals surface area (Å²) in [5, 5.41) is 3.38. The average Bonchev–Trinajstić information content (AvgIpc) is 2.29. The Balaban J connectivity index is 2.60. The predicted molar refractivity (Wildman–Crippen MR) is 66.0 cm³/mol. The highest BCUT2D eigenvalue weighted by molar-refractivity contribution is 5.78. The van der Waals surface area contributed by atoms with E-state index in [1.54, 1.807) is 0 Å². The van der Waals surface area contributed by atoms with Gasteiger partial charge in [-0.15, -0.1) is 0 Å². The van der Waals surface area contributed by atoms with Crippen LogP contribution in [0.2, 0.25) is 0 Å². The zero-order valence-corrected chi connectivity index (χ0v) is 10.3. The third kappa shape index (κ3) is 3.73. The second kappa shape index (κ2) is 5.38. The molecular weight excluding hydrogens is 186 g/mol. The summed E-state index contributed by atoms with van der Waals surface area (Å²) in [7, 11) is 0. The van der Waals surface area contributed by atoms with Crippen LogP contribution < -0.4 is 11.1 Å². The Kier molecular flexibility index (Phi) is 4.43. The molecule has 0 amide bonds. The first kappa shape index (κ1) is 12.3. The number of rotatable bonds is 2. The molecule has 0 aromatic heterocycles. The van der Waals surface area contributed by atoms with Crippen molar-refractivity contribution in [2.45, 2.75) is 58.9 Å². The monoisotopic (exact) mass is 211 g/mol. The molecule has 1 unspecified atom stereocenters. The van der Waals surface area contributed by atoms with Gasteiger partial charge in [-0.2, -0.15) is 0 Å². The van der Waals surface area contributed by atoms with Gasteiger partial charge in [-0.1, -0.05) is 33.1 Å². The minimum Gasteiger partial charge on any atom is -0.370 e. The van der Waals surface area contributed by atoms with Gasteiger partial charge in [-0.3, -0.25) is 4.99 Å². The van der Waals surface area contributed by atoms with Gasteiger partial charge < -0.3 is 11.1 Å². The van der Waals surface area contributed by atoms with Crippen molar-refractivity contribution in [3.63, 3.8) is 0 Å². The summed E-state index contributed by atoms with van der Waals surface area (Å²) in [4.78, 5) is 4.20. The zero-order chi connectivity index (χ0) is 11.3. The Labute approximate surface area is 93.5 Å². The van der Waals surface area contributed by atoms with E-state index in [2.05, 4.69) is 24.2 Å². The number of nitrogens with zero attached hydrogens (tertiary/aromatic N) is 1. The van der Waals surface area contributed by atoms with Crippen molar-refractivity contribution in [2.24, 2.45) is 16.1 Å². The second-order valence-corrected chi connectivity index (χ2v) is 5.14. The number of nitrogens with two attached hydrogens (primary N) is 1. The van der Waals surface area contributed by atoms with E-state index in [4.69, 9.17) is 5.73 Å². The van der Waals surface area contributed by atoms with Crippen molar-refractivity contribution >= 4 is 5.96 Å². The van der Waals surface area contributed by atoms with E-state index < -0.39 is 0 Å². The molecule has 1 aliphatic carbocycles. The molecule has 1 aliphatic rings. The van der Waals surface area contributed by atoms with Crippen molar-refractivity contribution in [3.05, 3.63) is 0 Å². The Morgan fingerprint density at radius 2 is 2.13 bits per heavy atom. The third-order valence-electron chi connectivity index (χ3n) is 3.41. The lowest BCUT2D eigenvalue weighted by molar-refractivity contribution is 0.247. The van der Waals surface area contributed by atoms with Crippen LogP contribution in [0.4, 0.5) is 0 Å². The first-order chi connectivity index (χ1) is 7.06. The molecule has 0 spiro atoms. The van der Waals surface area contributed by atoms with E-state index in [0.29, 0.717) is 17.4 Å². The molecule has 88 valence electrons. The molecule has 15 heavy (non-hydrogen) atoms. The summed E-state index contributed by atoms with van der Waals surface area (Å²) in [5.41, 5.74) is 6.16. The molecule has 0 aromatic rings. The predicted octanol–water partition coefficient (Wildman–Crippen LogP) is 2.27. The van der Waals surface area contributed by atoms with Gasteiger partial charge in [0, 0.05) is 12.6 Å². The Bertz CT molecular complexity index is 221. The molecule has 3 N–H and O–H groups in total. The van der Waals surface area contributed by atoms with Gasteiger partial charge in [0.1, 0.15) is 0 Å². The van der Waals surface area contributed by atoms with Gasteiger partial charge in [0.2, 0.25) is 0 Å². The van der Waals surface area contributed by atoms with Crippen LogP contribution in [0.5, 0.6) is 0 Å². The maximum absolute atomic E-state index is 5.83. The van der Waals surface area contributed by atoms with Crippen molar-refractivity contribution in [3.8, 4) is 0 Å². The lowest BCUT2D eigenvalue weighted by Gasteiger charge is -2.33. The Morgan fingerprint density at radius 1 is 1.40 bits per heavy atom. The van der Waals surface area contributed by atoms with Crippen LogP contribution >= 0.6 is 0 Å². The van der Waals surface area contributed by atoms with Crippen molar-refractivity contribution in [1.29, 1.82) is 0 Å². The molecule has 0 bridgehead atoms. The molecule has 3 nitrogen and oxygen atoms in total. The van der Waals surface area contributed by atoms with Crippen molar-refractivity contribution < 1.29 is 0 Å². The van der Waals surface area contributed by atoms with Gasteiger partial charge in [0.05, 0.1) is 0 Å². The first-order valence-electron chi connectivity index (χ1n) is 6.12. The number of hydrogen-bond acceptors (Lipinski definition) is 1. The molecule has 0 heterocycles. The average molecular weight is 211 g/mol. The van der Waals surface area contributed by atoms with Crippen LogP contribution in [-0.2, 0) is 0 Å². The maximum Gasteiger partial charge on any atom is 0.188 e. The second-order valence-electron chi connectivity index (χ2n) is 5.14. The maximum atomic E-state index is 5.83. The number of hydrogen-bond donors (Lipinski definition) is 2. The standard InChI is InChI=1S/C12H25N3/c1-4-14-11(13)15-10-8-6-5-7-9-12(10,2)3/h10H,4-9H2,1-3H3,(H3,13,14,15). The summed E-state index contributed by atoms with van der Waals surface area (Å²) < 4.78 is 0. The van der Waals surface area contributed by atoms with Crippen LogP contribution in [0.3, 0.4) is 0 Å². The molecule has 0 saturated heterocycles. The lowest BCUT2D eigenvalue weighted by Crippen LogP contribution is -2.47. The molecular formula is C12H25N3. The molecule has 0 aromatic carbocycles. The first-order valence-corrected chi connectivity index (χ1v) is 6.12. The summed E-state index contributed by atoms with van der Waals surface area (Å²) >= 11 is 0. The van der Waals surface area contributed by atoms with Crippen LogP contribution in [0.15, 0.2) is 4.99 Å². The van der Waals surface area contributed by atoms with Crippen molar-refractivity contribution in [1.82, 2.24) is 5.32 Å². The topological polar surface area (TPSA) is 50.4 Å². The van der Waals surface area contributed by atoms with Crippen LogP contribution in [-0.4, -0.2) is 18.5 Å². The van der Waals surface area contributed by atoms with Crippen LogP contribution in [0, 0.1) is 5.41 Å². The van der Waals surface area contributed by atoms with Gasteiger partial charge in [-0.05, 0) is 25.2 Å². The van der Waals surface area contributed by atoms with E-state index in [0.717, 1.165) is 6.54 Å². The largest absolute Gasteiger partial charge is 0.370 e. The van der Waals surface area contributed by atoms with E-state index >= 15 is 0 Å². The zero-order valence-electron chi connectivity index (χ0n) is 10.3. The molecule has 0 aliphatic heterocycles. The lowest BCUT2D eigenvalue weighted by atomic mass is 9.80. The highest BCUT2D eigenvalue weighted by Crippen LogP contribution is 2.34. The minimum atomic E-state index is 0.338. The number of aliphatic imine (C=N–C) groups is 1. The van der Waals surface area contributed by atoms with Crippen LogP contribution in [0.1, 0.15) is 52.9 Å². The van der Waals surface area contributed by atoms with Crippen LogP contribution in [0.25, 0.3) is 0 Å². The summed E-state index contributed by atoms with van der Waals surface area (Å²) in [5.74, 6) is 0.609. The van der Waals surface area contributed by atoms with Gasteiger partial charge >= 0.3 is 0 Å². The Hall–Kier alpha value is -0.730. The Morgan fingerprint density at radius 3 is 2.80 bits per heavy atom. The quantitative estimate of drug-likeness (QED) is 0.418. The SMILES string of the molecule is CCN=C(N)NC1CCCCCC1(C)C. The molecule has 0 radical (unpaired) electrons. The van der Waals surface area contributed by atoms with Gasteiger partial charge in [-0.25, -0.2) is 0 Å². The molecule has 1 atom stereocenters. The van der Waals surface area contributed by atoms with E-state index in [1.165, 1.54) is 32.1 Å². The highest BCUT2D eigenvalue weighted by atomic mass is 15.1. The van der Waals surface area contributed by atoms with E-state index in [-0.39, 0.29) is 0 Å². The van der Waals surface area contributed by atoms with E-state index in [9.17, 15) is 0 Å². The fourth-order valence-electron chi connectivity index (χ4n) is 2.33. The summed E-state index contributed by atoms with van der Waals surface area (Å²) in [6.07, 6.45) is 6.50. The summed E-state index contributed by atoms with van der Waals surface area (Å²) in [6, 6.07) is 0.482. The summed E-state index contributed by atoms with van der Waals surface area (Å²) in [6.45, 7) is 7.42. The number of guanidine groups is 1. The van der Waals surface area contributed by atoms with Gasteiger partial charge in [0.25, 0.3) is 0 Å². The molecule has 1 fully saturated rings. The fraction of sp³-hybridized carbons (Fsp3) is 0.917. The normalized spacial score (nSPS) is 27.1. The highest BCUT2D eigenvalue weighted by Gasteiger charge is 2.30. The third-order valence-corrected chi connectivity index (χ3v) is 3.41. The molecule has 1 saturated carbocycles. The van der Waals surface area contributed by atoms with E-state index in [1.807, 2.05) is 6.92 Å². The van der Waals surface area contributed by atoms with Crippen molar-refractivity contribution in [2.75, 3.05) is 6.54 Å². The molecule has 3 heteroatoms. The number of nitrogens with one attached hydrogen (secondary N) is 1. The fourth-order valence-corrected chi connectivity index (χ4v) is 2.33. The smallest absolute Gasteiger partial charge is 0.188 e. The molecule has 1 rings (SSSR count).